The van der Waals surface area contributed by atoms with Crippen LogP contribution in [0.1, 0.15) is 57.2 Å². The van der Waals surface area contributed by atoms with Crippen molar-refractivity contribution in [3.8, 4) is 0 Å². The van der Waals surface area contributed by atoms with Crippen LogP contribution in [-0.2, 0) is 6.42 Å². The van der Waals surface area contributed by atoms with E-state index >= 15 is 0 Å². The highest BCUT2D eigenvalue weighted by Crippen LogP contribution is 2.29. The zero-order chi connectivity index (χ0) is 15.3. The van der Waals surface area contributed by atoms with E-state index in [-0.39, 0.29) is 12.5 Å². The Kier molecular flexibility index (Phi) is 5.67. The first-order valence-electron chi connectivity index (χ1n) is 7.82. The molecule has 0 bridgehead atoms. The number of rotatable bonds is 7. The van der Waals surface area contributed by atoms with Gasteiger partial charge in [0.25, 0.3) is 0 Å². The SMILES string of the molecule is CCNC(CCC(F)(F)F)Cc1ccn(C2CCCC2)n1. The summed E-state index contributed by atoms with van der Waals surface area (Å²) in [5, 5.41) is 7.69. The maximum absolute atomic E-state index is 12.4. The van der Waals surface area contributed by atoms with Gasteiger partial charge < -0.3 is 5.32 Å². The molecule has 1 saturated carbocycles. The number of halogens is 3. The molecule has 2 rings (SSSR count). The Morgan fingerprint density at radius 3 is 2.71 bits per heavy atom. The number of hydrogen-bond acceptors (Lipinski definition) is 2. The molecule has 21 heavy (non-hydrogen) atoms. The molecule has 0 radical (unpaired) electrons. The van der Waals surface area contributed by atoms with Gasteiger partial charge in [-0.25, -0.2) is 0 Å². The topological polar surface area (TPSA) is 29.9 Å². The van der Waals surface area contributed by atoms with Gasteiger partial charge in [-0.3, -0.25) is 4.68 Å². The highest BCUT2D eigenvalue weighted by Gasteiger charge is 2.28. The molecule has 0 spiro atoms. The molecule has 6 heteroatoms. The van der Waals surface area contributed by atoms with Gasteiger partial charge in [0.15, 0.2) is 0 Å². The number of nitrogens with one attached hydrogen (secondary N) is 1. The molecular weight excluding hydrogens is 279 g/mol. The highest BCUT2D eigenvalue weighted by molar-refractivity contribution is 5.03. The molecule has 3 nitrogen and oxygen atoms in total. The van der Waals surface area contributed by atoms with E-state index in [1.165, 1.54) is 12.8 Å². The van der Waals surface area contributed by atoms with E-state index in [0.717, 1.165) is 18.5 Å². The van der Waals surface area contributed by atoms with Crippen molar-refractivity contribution in [3.63, 3.8) is 0 Å². The summed E-state index contributed by atoms with van der Waals surface area (Å²) in [5.74, 6) is 0. The lowest BCUT2D eigenvalue weighted by Crippen LogP contribution is -2.32. The van der Waals surface area contributed by atoms with E-state index in [2.05, 4.69) is 10.4 Å². The molecule has 0 aromatic carbocycles. The normalized spacial score (nSPS) is 18.3. The van der Waals surface area contributed by atoms with Crippen molar-refractivity contribution < 1.29 is 13.2 Å². The first kappa shape index (κ1) is 16.3. The van der Waals surface area contributed by atoms with Gasteiger partial charge in [-0.05, 0) is 31.9 Å². The smallest absolute Gasteiger partial charge is 0.314 e. The molecule has 1 fully saturated rings. The Labute approximate surface area is 123 Å². The van der Waals surface area contributed by atoms with Gasteiger partial charge >= 0.3 is 6.18 Å². The van der Waals surface area contributed by atoms with Crippen molar-refractivity contribution >= 4 is 0 Å². The van der Waals surface area contributed by atoms with E-state index in [1.807, 2.05) is 23.9 Å². The van der Waals surface area contributed by atoms with E-state index in [9.17, 15) is 13.2 Å². The number of likely N-dealkylation sites (N-methyl/N-ethyl adjacent to an activating group) is 1. The average molecular weight is 303 g/mol. The summed E-state index contributed by atoms with van der Waals surface area (Å²) in [7, 11) is 0. The summed E-state index contributed by atoms with van der Waals surface area (Å²) in [6.45, 7) is 2.59. The van der Waals surface area contributed by atoms with Crippen molar-refractivity contribution in [2.24, 2.45) is 0 Å². The maximum Gasteiger partial charge on any atom is 0.389 e. The Hall–Kier alpha value is -1.04. The summed E-state index contributed by atoms with van der Waals surface area (Å²) in [6.07, 6.45) is 2.61. The van der Waals surface area contributed by atoms with Crippen LogP contribution in [0.15, 0.2) is 12.3 Å². The fourth-order valence-electron chi connectivity index (χ4n) is 3.01. The summed E-state index contributed by atoms with van der Waals surface area (Å²) in [5.41, 5.74) is 0.884. The second-order valence-corrected chi connectivity index (χ2v) is 5.84. The van der Waals surface area contributed by atoms with Gasteiger partial charge in [0.2, 0.25) is 0 Å². The minimum absolute atomic E-state index is 0.105. The third-order valence-corrected chi connectivity index (χ3v) is 4.09. The van der Waals surface area contributed by atoms with Gasteiger partial charge in [-0.1, -0.05) is 19.8 Å². The minimum Gasteiger partial charge on any atom is -0.314 e. The average Bonchev–Trinajstić information content (AvgIpc) is 3.05. The molecule has 1 aromatic heterocycles. The zero-order valence-corrected chi connectivity index (χ0v) is 12.5. The van der Waals surface area contributed by atoms with E-state index in [1.54, 1.807) is 0 Å². The Morgan fingerprint density at radius 1 is 1.38 bits per heavy atom. The first-order chi connectivity index (χ1) is 9.98. The molecular formula is C15H24F3N3. The van der Waals surface area contributed by atoms with Crippen LogP contribution in [0.3, 0.4) is 0 Å². The minimum atomic E-state index is -4.09. The number of hydrogen-bond donors (Lipinski definition) is 1. The molecule has 120 valence electrons. The second-order valence-electron chi connectivity index (χ2n) is 5.84. The van der Waals surface area contributed by atoms with Crippen molar-refractivity contribution in [1.82, 2.24) is 15.1 Å². The van der Waals surface area contributed by atoms with Crippen molar-refractivity contribution in [1.29, 1.82) is 0 Å². The van der Waals surface area contributed by atoms with Gasteiger partial charge in [-0.15, -0.1) is 0 Å². The van der Waals surface area contributed by atoms with Gasteiger partial charge in [-0.2, -0.15) is 18.3 Å². The number of alkyl halides is 3. The molecule has 1 unspecified atom stereocenters. The largest absolute Gasteiger partial charge is 0.389 e. The highest BCUT2D eigenvalue weighted by atomic mass is 19.4. The standard InChI is InChI=1S/C15H24F3N3/c1-2-19-12(7-9-15(16,17)18)11-13-8-10-21(20-13)14-5-3-4-6-14/h8,10,12,14,19H,2-7,9,11H2,1H3. The van der Waals surface area contributed by atoms with Crippen LogP contribution in [-0.4, -0.2) is 28.5 Å². The molecule has 0 amide bonds. The third-order valence-electron chi connectivity index (χ3n) is 4.09. The fraction of sp³-hybridized carbons (Fsp3) is 0.800. The zero-order valence-electron chi connectivity index (χ0n) is 12.5. The van der Waals surface area contributed by atoms with Gasteiger partial charge in [0.05, 0.1) is 11.7 Å². The van der Waals surface area contributed by atoms with Gasteiger partial charge in [0, 0.05) is 25.1 Å². The molecule has 1 N–H and O–H groups in total. The van der Waals surface area contributed by atoms with Crippen molar-refractivity contribution in [2.45, 2.75) is 70.1 Å². The van der Waals surface area contributed by atoms with Crippen LogP contribution in [0, 0.1) is 0 Å². The lowest BCUT2D eigenvalue weighted by molar-refractivity contribution is -0.136. The van der Waals surface area contributed by atoms with E-state index < -0.39 is 12.6 Å². The fourth-order valence-corrected chi connectivity index (χ4v) is 3.01. The van der Waals surface area contributed by atoms with E-state index in [0.29, 0.717) is 19.0 Å². The maximum atomic E-state index is 12.4. The van der Waals surface area contributed by atoms with Crippen LogP contribution in [0.25, 0.3) is 0 Å². The van der Waals surface area contributed by atoms with Crippen LogP contribution >= 0.6 is 0 Å². The monoisotopic (exact) mass is 303 g/mol. The molecule has 1 aliphatic rings. The summed E-state index contributed by atoms with van der Waals surface area (Å²) in [6, 6.07) is 2.26. The predicted octanol–water partition coefficient (Wildman–Crippen LogP) is 3.86. The van der Waals surface area contributed by atoms with Gasteiger partial charge in [0.1, 0.15) is 0 Å². The molecule has 1 atom stereocenters. The molecule has 1 aromatic rings. The lowest BCUT2D eigenvalue weighted by atomic mass is 10.1. The Bertz CT molecular complexity index is 422. The molecule has 0 aliphatic heterocycles. The van der Waals surface area contributed by atoms with Crippen molar-refractivity contribution in [2.75, 3.05) is 6.54 Å². The number of aromatic nitrogens is 2. The second kappa shape index (κ2) is 7.29. The van der Waals surface area contributed by atoms with E-state index in [4.69, 9.17) is 0 Å². The quantitative estimate of drug-likeness (QED) is 0.829. The van der Waals surface area contributed by atoms with Crippen LogP contribution in [0.5, 0.6) is 0 Å². The summed E-state index contributed by atoms with van der Waals surface area (Å²) < 4.78 is 39.1. The molecule has 1 aliphatic carbocycles. The Morgan fingerprint density at radius 2 is 2.10 bits per heavy atom. The molecule has 1 heterocycles. The third kappa shape index (κ3) is 5.34. The van der Waals surface area contributed by atoms with Crippen molar-refractivity contribution in [3.05, 3.63) is 18.0 Å². The van der Waals surface area contributed by atoms with Crippen LogP contribution in [0.4, 0.5) is 13.2 Å². The summed E-state index contributed by atoms with van der Waals surface area (Å²) in [4.78, 5) is 0. The summed E-state index contributed by atoms with van der Waals surface area (Å²) >= 11 is 0. The Balaban J connectivity index is 1.90. The predicted molar refractivity (Wildman–Crippen MR) is 76.2 cm³/mol. The van der Waals surface area contributed by atoms with Crippen LogP contribution < -0.4 is 5.32 Å². The first-order valence-corrected chi connectivity index (χ1v) is 7.82. The lowest BCUT2D eigenvalue weighted by Gasteiger charge is -2.18. The molecule has 0 saturated heterocycles. The van der Waals surface area contributed by atoms with Crippen LogP contribution in [0.2, 0.25) is 0 Å². The number of nitrogens with zero attached hydrogens (tertiary/aromatic N) is 2.